The van der Waals surface area contributed by atoms with Gasteiger partial charge in [-0.2, -0.15) is 0 Å². The fourth-order valence-corrected chi connectivity index (χ4v) is 3.70. The zero-order valence-corrected chi connectivity index (χ0v) is 15.0. The van der Waals surface area contributed by atoms with E-state index in [0.717, 1.165) is 32.7 Å². The number of nitrogens with two attached hydrogens (primary N) is 1. The molecule has 7 heteroatoms. The van der Waals surface area contributed by atoms with E-state index in [4.69, 9.17) is 10.5 Å². The number of ether oxygens (including phenoxy) is 1. The molecule has 1 aliphatic heterocycles. The Labute approximate surface area is 155 Å². The minimum atomic E-state index is 0.394. The Morgan fingerprint density at radius 3 is 2.88 bits per heavy atom. The molecule has 0 aliphatic carbocycles. The predicted molar refractivity (Wildman–Crippen MR) is 105 cm³/mol. The predicted octanol–water partition coefficient (Wildman–Crippen LogP) is 4.02. The molecule has 0 saturated carbocycles. The lowest BCUT2D eigenvalue weighted by Gasteiger charge is -2.30. The first-order valence-corrected chi connectivity index (χ1v) is 8.86. The smallest absolute Gasteiger partial charge is 0.168 e. The summed E-state index contributed by atoms with van der Waals surface area (Å²) in [5.74, 6) is 0.799. The van der Waals surface area contributed by atoms with Crippen LogP contribution in [0.15, 0.2) is 69.8 Å². The van der Waals surface area contributed by atoms with Crippen LogP contribution in [-0.2, 0) is 4.74 Å². The third-order valence-electron chi connectivity index (χ3n) is 3.93. The molecule has 0 radical (unpaired) electrons. The fraction of sp³-hybridized carbons (Fsp3) is 0.105. The number of para-hydroxylation sites is 2. The van der Waals surface area contributed by atoms with E-state index < -0.39 is 0 Å². The number of fused-ring (bicyclic) bond motifs is 2. The quantitative estimate of drug-likeness (QED) is 0.557. The van der Waals surface area contributed by atoms with Gasteiger partial charge in [-0.1, -0.05) is 30.0 Å². The number of benzene rings is 2. The Hall–Kier alpha value is -2.90. The minimum absolute atomic E-state index is 0.394. The molecule has 0 fully saturated rings. The highest BCUT2D eigenvalue weighted by Crippen LogP contribution is 2.46. The molecule has 6 nitrogen and oxygen atoms in total. The second-order valence-electron chi connectivity index (χ2n) is 5.68. The van der Waals surface area contributed by atoms with Crippen LogP contribution >= 0.6 is 11.8 Å². The van der Waals surface area contributed by atoms with Gasteiger partial charge in [0.1, 0.15) is 11.8 Å². The number of nitrogen functional groups attached to an aromatic ring is 1. The molecule has 0 atom stereocenters. The average molecular weight is 363 g/mol. The molecular weight excluding hydrogens is 346 g/mol. The highest BCUT2D eigenvalue weighted by atomic mass is 32.2. The lowest BCUT2D eigenvalue weighted by molar-refractivity contribution is 0.205. The topological polar surface area (TPSA) is 76.6 Å². The Morgan fingerprint density at radius 2 is 2.04 bits per heavy atom. The van der Waals surface area contributed by atoms with Crippen LogP contribution in [0.2, 0.25) is 0 Å². The molecule has 0 bridgehead atoms. The van der Waals surface area contributed by atoms with Gasteiger partial charge >= 0.3 is 0 Å². The number of anilines is 3. The average Bonchev–Trinajstić information content (AvgIpc) is 2.67. The van der Waals surface area contributed by atoms with Crippen LogP contribution in [0.1, 0.15) is 5.56 Å². The monoisotopic (exact) mass is 363 g/mol. The Balaban J connectivity index is 1.70. The molecule has 4 rings (SSSR count). The molecular formula is C19H17N5OS. The molecule has 0 saturated heterocycles. The normalized spacial score (nSPS) is 12.9. The number of hydrogen-bond donors (Lipinski definition) is 1. The molecule has 2 N–H and O–H groups in total. The Kier molecular flexibility index (Phi) is 4.55. The van der Waals surface area contributed by atoms with Crippen molar-refractivity contribution in [2.45, 2.75) is 9.92 Å². The number of methoxy groups -OCH3 is 1. The first-order chi connectivity index (χ1) is 12.8. The van der Waals surface area contributed by atoms with Crippen molar-refractivity contribution in [3.63, 3.8) is 0 Å². The molecule has 2 aromatic carbocycles. The zero-order chi connectivity index (χ0) is 17.9. The number of rotatable bonds is 4. The van der Waals surface area contributed by atoms with Gasteiger partial charge in [0, 0.05) is 30.6 Å². The Bertz CT molecular complexity index is 976. The summed E-state index contributed by atoms with van der Waals surface area (Å²) in [4.78, 5) is 16.5. The van der Waals surface area contributed by atoms with E-state index in [2.05, 4.69) is 27.1 Å². The van der Waals surface area contributed by atoms with Crippen molar-refractivity contribution in [1.29, 1.82) is 0 Å². The maximum Gasteiger partial charge on any atom is 0.168 e. The number of hydrogen-bond acceptors (Lipinski definition) is 7. The van der Waals surface area contributed by atoms with Crippen molar-refractivity contribution in [2.75, 3.05) is 24.5 Å². The van der Waals surface area contributed by atoms with E-state index in [1.807, 2.05) is 41.4 Å². The van der Waals surface area contributed by atoms with Crippen molar-refractivity contribution in [3.8, 4) is 0 Å². The number of aliphatic imine (C=N–C) groups is 1. The van der Waals surface area contributed by atoms with Gasteiger partial charge in [-0.25, -0.2) is 9.97 Å². The van der Waals surface area contributed by atoms with Gasteiger partial charge in [0.25, 0.3) is 0 Å². The number of aromatic nitrogens is 2. The van der Waals surface area contributed by atoms with Crippen molar-refractivity contribution in [3.05, 3.63) is 60.4 Å². The van der Waals surface area contributed by atoms with Crippen LogP contribution in [0, 0.1) is 0 Å². The van der Waals surface area contributed by atoms with Crippen molar-refractivity contribution < 1.29 is 4.74 Å². The molecule has 0 spiro atoms. The Morgan fingerprint density at radius 1 is 1.19 bits per heavy atom. The van der Waals surface area contributed by atoms with Gasteiger partial charge < -0.3 is 10.5 Å². The van der Waals surface area contributed by atoms with Crippen LogP contribution in [0.25, 0.3) is 0 Å². The summed E-state index contributed by atoms with van der Waals surface area (Å²) in [7, 11) is 1.67. The summed E-state index contributed by atoms with van der Waals surface area (Å²) >= 11 is 1.60. The largest absolute Gasteiger partial charge is 0.397 e. The fourth-order valence-electron chi connectivity index (χ4n) is 2.71. The van der Waals surface area contributed by atoms with E-state index >= 15 is 0 Å². The lowest BCUT2D eigenvalue weighted by atomic mass is 10.2. The molecule has 2 heterocycles. The van der Waals surface area contributed by atoms with Crippen LogP contribution in [0.4, 0.5) is 22.9 Å². The summed E-state index contributed by atoms with van der Waals surface area (Å²) in [5.41, 5.74) is 9.36. The maximum absolute atomic E-state index is 5.95. The highest BCUT2D eigenvalue weighted by Gasteiger charge is 2.25. The SMILES string of the molecule is COCN1c2cc(C=Nc3ccccc3N)ccc2Sc2nccnc21. The van der Waals surface area contributed by atoms with Crippen LogP contribution in [-0.4, -0.2) is 30.0 Å². The third kappa shape index (κ3) is 3.14. The van der Waals surface area contributed by atoms with E-state index in [9.17, 15) is 0 Å². The number of nitrogens with zero attached hydrogens (tertiary/aromatic N) is 4. The first-order valence-electron chi connectivity index (χ1n) is 8.04. The van der Waals surface area contributed by atoms with Crippen LogP contribution in [0.3, 0.4) is 0 Å². The van der Waals surface area contributed by atoms with Crippen LogP contribution < -0.4 is 10.6 Å². The molecule has 1 aromatic heterocycles. The third-order valence-corrected chi connectivity index (χ3v) is 4.98. The summed E-state index contributed by atoms with van der Waals surface area (Å²) in [6, 6.07) is 13.7. The molecule has 3 aromatic rings. The minimum Gasteiger partial charge on any atom is -0.397 e. The van der Waals surface area contributed by atoms with Gasteiger partial charge in [0.15, 0.2) is 5.82 Å². The highest BCUT2D eigenvalue weighted by molar-refractivity contribution is 7.99. The van der Waals surface area contributed by atoms with Crippen molar-refractivity contribution in [1.82, 2.24) is 9.97 Å². The summed E-state index contributed by atoms with van der Waals surface area (Å²) < 4.78 is 5.38. The maximum atomic E-state index is 5.95. The van der Waals surface area contributed by atoms with Crippen molar-refractivity contribution >= 4 is 40.9 Å². The summed E-state index contributed by atoms with van der Waals surface area (Å²) in [6.45, 7) is 0.394. The molecule has 0 unspecified atom stereocenters. The second-order valence-corrected chi connectivity index (χ2v) is 6.71. The van der Waals surface area contributed by atoms with Gasteiger partial charge in [0.2, 0.25) is 0 Å². The zero-order valence-electron chi connectivity index (χ0n) is 14.2. The van der Waals surface area contributed by atoms with Crippen LogP contribution in [0.5, 0.6) is 0 Å². The molecule has 26 heavy (non-hydrogen) atoms. The second kappa shape index (κ2) is 7.15. The molecule has 130 valence electrons. The molecule has 0 amide bonds. The molecule has 1 aliphatic rings. The lowest BCUT2D eigenvalue weighted by Crippen LogP contribution is -2.24. The van der Waals surface area contributed by atoms with Gasteiger partial charge in [-0.05, 0) is 29.8 Å². The van der Waals surface area contributed by atoms with E-state index in [0.29, 0.717) is 12.4 Å². The van der Waals surface area contributed by atoms with E-state index in [1.165, 1.54) is 0 Å². The summed E-state index contributed by atoms with van der Waals surface area (Å²) in [5, 5.41) is 0.871. The van der Waals surface area contributed by atoms with Gasteiger partial charge in [0.05, 0.1) is 17.1 Å². The first kappa shape index (κ1) is 16.6. The van der Waals surface area contributed by atoms with E-state index in [1.54, 1.807) is 31.3 Å². The standard InChI is InChI=1S/C19H17N5OS/c1-25-12-24-16-10-13(11-23-15-5-3-2-4-14(15)20)6-7-17(16)26-19-18(24)21-8-9-22-19/h2-11H,12,20H2,1H3. The van der Waals surface area contributed by atoms with Gasteiger partial charge in [-0.3, -0.25) is 9.89 Å². The van der Waals surface area contributed by atoms with E-state index in [-0.39, 0.29) is 0 Å². The summed E-state index contributed by atoms with van der Waals surface area (Å²) in [6.07, 6.45) is 5.21. The van der Waals surface area contributed by atoms with Crippen molar-refractivity contribution in [2.24, 2.45) is 4.99 Å². The van der Waals surface area contributed by atoms with Gasteiger partial charge in [-0.15, -0.1) is 0 Å².